The minimum absolute atomic E-state index is 0.0213. The Kier molecular flexibility index (Phi) is 3.60. The van der Waals surface area contributed by atoms with Gasteiger partial charge in [0, 0.05) is 5.69 Å². The van der Waals surface area contributed by atoms with Crippen molar-refractivity contribution in [1.82, 2.24) is 4.98 Å². The van der Waals surface area contributed by atoms with E-state index < -0.39 is 36.1 Å². The van der Waals surface area contributed by atoms with Crippen molar-refractivity contribution in [3.63, 3.8) is 0 Å². The molecule has 3 atom stereocenters. The maximum absolute atomic E-state index is 12.9. The molecule has 3 heterocycles. The number of ether oxygens (including phenoxy) is 2. The number of rotatable bonds is 2. The van der Waals surface area contributed by atoms with E-state index in [0.29, 0.717) is 6.42 Å². The summed E-state index contributed by atoms with van der Waals surface area (Å²) in [4.78, 5) is 17.6. The van der Waals surface area contributed by atoms with Gasteiger partial charge in [0.2, 0.25) is 0 Å². The summed E-state index contributed by atoms with van der Waals surface area (Å²) in [5.41, 5.74) is -0.629. The molecule has 1 aromatic heterocycles. The first-order valence-corrected chi connectivity index (χ1v) is 6.97. The van der Waals surface area contributed by atoms with E-state index in [0.717, 1.165) is 12.1 Å². The van der Waals surface area contributed by atoms with E-state index in [4.69, 9.17) is 9.47 Å². The number of hydrogen-bond donors (Lipinski definition) is 0. The van der Waals surface area contributed by atoms with Crippen LogP contribution >= 0.6 is 0 Å². The lowest BCUT2D eigenvalue weighted by Gasteiger charge is -2.20. The fourth-order valence-corrected chi connectivity index (χ4v) is 2.68. The molecule has 2 fully saturated rings. The number of carbonyl (C=O) groups excluding carboxylic acids is 1. The number of alkyl halides is 3. The number of aromatic nitrogens is 1. The zero-order chi connectivity index (χ0) is 16.1. The van der Waals surface area contributed by atoms with Crippen molar-refractivity contribution < 1.29 is 27.4 Å². The summed E-state index contributed by atoms with van der Waals surface area (Å²) in [5, 5.41) is 0. The molecule has 0 aromatic carbocycles. The first kappa shape index (κ1) is 15.2. The maximum Gasteiger partial charge on any atom is 0.416 e. The van der Waals surface area contributed by atoms with Gasteiger partial charge in [0.15, 0.2) is 12.4 Å². The monoisotopic (exact) mass is 316 g/mol. The number of hydrogen-bond acceptors (Lipinski definition) is 4. The van der Waals surface area contributed by atoms with Gasteiger partial charge in [-0.25, -0.2) is 4.98 Å². The van der Waals surface area contributed by atoms with E-state index in [2.05, 4.69) is 4.98 Å². The molecule has 0 aliphatic carbocycles. The molecule has 22 heavy (non-hydrogen) atoms. The van der Waals surface area contributed by atoms with Gasteiger partial charge in [-0.1, -0.05) is 6.92 Å². The normalized spacial score (nSPS) is 28.3. The van der Waals surface area contributed by atoms with Gasteiger partial charge in [0.25, 0.3) is 5.91 Å². The number of fused-ring (bicyclic) bond motifs is 1. The van der Waals surface area contributed by atoms with E-state index in [-0.39, 0.29) is 18.1 Å². The van der Waals surface area contributed by atoms with Crippen molar-refractivity contribution in [1.29, 1.82) is 0 Å². The zero-order valence-electron chi connectivity index (χ0n) is 12.1. The average molecular weight is 316 g/mol. The van der Waals surface area contributed by atoms with E-state index in [9.17, 15) is 18.0 Å². The lowest BCUT2D eigenvalue weighted by Crippen LogP contribution is -2.32. The number of carbonyl (C=O) groups is 1. The Balaban J connectivity index is 1.88. The van der Waals surface area contributed by atoms with Crippen LogP contribution in [0.2, 0.25) is 0 Å². The smallest absolute Gasteiger partial charge is 0.344 e. The second-order valence-corrected chi connectivity index (χ2v) is 5.37. The Bertz CT molecular complexity index is 605. The van der Waals surface area contributed by atoms with Crippen LogP contribution in [0.1, 0.15) is 24.6 Å². The summed E-state index contributed by atoms with van der Waals surface area (Å²) in [6.07, 6.45) is -5.53. The van der Waals surface area contributed by atoms with E-state index in [1.807, 2.05) is 6.92 Å². The van der Waals surface area contributed by atoms with Crippen LogP contribution < -0.4 is 4.90 Å². The predicted molar refractivity (Wildman–Crippen MR) is 70.2 cm³/mol. The molecule has 0 saturated carbocycles. The van der Waals surface area contributed by atoms with Crippen molar-refractivity contribution in [2.24, 2.45) is 0 Å². The molecule has 1 aromatic rings. The molecule has 0 radical (unpaired) electrons. The van der Waals surface area contributed by atoms with E-state index in [1.54, 1.807) is 0 Å². The summed E-state index contributed by atoms with van der Waals surface area (Å²) in [7, 11) is 0. The largest absolute Gasteiger partial charge is 0.416 e. The van der Waals surface area contributed by atoms with Crippen LogP contribution in [0.15, 0.2) is 12.1 Å². The number of pyridine rings is 1. The maximum atomic E-state index is 12.9. The molecule has 8 heteroatoms. The van der Waals surface area contributed by atoms with E-state index >= 15 is 0 Å². The van der Waals surface area contributed by atoms with Gasteiger partial charge in [0.1, 0.15) is 11.9 Å². The van der Waals surface area contributed by atoms with Gasteiger partial charge in [-0.3, -0.25) is 9.69 Å². The van der Waals surface area contributed by atoms with Crippen LogP contribution in [0.4, 0.5) is 19.0 Å². The van der Waals surface area contributed by atoms with Gasteiger partial charge >= 0.3 is 6.18 Å². The first-order chi connectivity index (χ1) is 10.3. The first-order valence-electron chi connectivity index (χ1n) is 6.97. The fourth-order valence-electron chi connectivity index (χ4n) is 2.68. The SMILES string of the molecule is CCC1OC2CN(c3cc(C(F)(F)F)cc(C)n3)C(=O)C2O1. The number of nitrogens with zero attached hydrogens (tertiary/aromatic N) is 2. The summed E-state index contributed by atoms with van der Waals surface area (Å²) >= 11 is 0. The van der Waals surface area contributed by atoms with Gasteiger partial charge < -0.3 is 9.47 Å². The molecule has 0 bridgehead atoms. The summed E-state index contributed by atoms with van der Waals surface area (Å²) in [6, 6.07) is 1.83. The minimum atomic E-state index is -4.48. The van der Waals surface area contributed by atoms with Gasteiger partial charge in [-0.15, -0.1) is 0 Å². The molecular formula is C14H15F3N2O3. The summed E-state index contributed by atoms with van der Waals surface area (Å²) in [6.45, 7) is 3.47. The highest BCUT2D eigenvalue weighted by Gasteiger charge is 2.49. The van der Waals surface area contributed by atoms with Gasteiger partial charge in [0.05, 0.1) is 12.1 Å². The van der Waals surface area contributed by atoms with Crippen LogP contribution in [0.5, 0.6) is 0 Å². The molecule has 0 N–H and O–H groups in total. The third kappa shape index (κ3) is 2.56. The average Bonchev–Trinajstić information content (AvgIpc) is 2.97. The topological polar surface area (TPSA) is 51.7 Å². The third-order valence-electron chi connectivity index (χ3n) is 3.71. The third-order valence-corrected chi connectivity index (χ3v) is 3.71. The Morgan fingerprint density at radius 3 is 2.68 bits per heavy atom. The summed E-state index contributed by atoms with van der Waals surface area (Å²) in [5.74, 6) is -0.431. The van der Waals surface area contributed by atoms with Crippen LogP contribution in [0.25, 0.3) is 0 Å². The molecule has 2 aliphatic heterocycles. The fraction of sp³-hybridized carbons (Fsp3) is 0.571. The Morgan fingerprint density at radius 1 is 1.36 bits per heavy atom. The van der Waals surface area contributed by atoms with Crippen molar-refractivity contribution >= 4 is 11.7 Å². The highest BCUT2D eigenvalue weighted by Crippen LogP contribution is 2.35. The van der Waals surface area contributed by atoms with E-state index in [1.165, 1.54) is 11.8 Å². The molecule has 3 unspecified atom stereocenters. The van der Waals surface area contributed by atoms with Crippen molar-refractivity contribution in [2.75, 3.05) is 11.4 Å². The highest BCUT2D eigenvalue weighted by molar-refractivity contribution is 5.99. The van der Waals surface area contributed by atoms with Crippen LogP contribution in [-0.2, 0) is 20.4 Å². The molecule has 5 nitrogen and oxygen atoms in total. The summed E-state index contributed by atoms with van der Waals surface area (Å²) < 4.78 is 49.6. The molecule has 2 saturated heterocycles. The molecule has 1 amide bonds. The second kappa shape index (κ2) is 5.20. The molecule has 2 aliphatic rings. The number of halogens is 3. The lowest BCUT2D eigenvalue weighted by molar-refractivity contribution is -0.137. The Labute approximate surface area is 125 Å². The highest BCUT2D eigenvalue weighted by atomic mass is 19.4. The van der Waals surface area contributed by atoms with Crippen molar-refractivity contribution in [3.05, 3.63) is 23.4 Å². The zero-order valence-corrected chi connectivity index (χ0v) is 12.1. The standard InChI is InChI=1S/C14H15F3N2O3/c1-3-11-21-9-6-19(13(20)12(9)22-11)10-5-8(14(15,16)17)4-7(2)18-10/h4-5,9,11-12H,3,6H2,1-2H3. The number of aryl methyl sites for hydroxylation is 1. The predicted octanol–water partition coefficient (Wildman–Crippen LogP) is 2.28. The Morgan fingerprint density at radius 2 is 2.09 bits per heavy atom. The number of amides is 1. The van der Waals surface area contributed by atoms with Crippen LogP contribution in [-0.4, -0.2) is 35.9 Å². The van der Waals surface area contributed by atoms with Crippen LogP contribution in [0.3, 0.4) is 0 Å². The molecule has 0 spiro atoms. The molecular weight excluding hydrogens is 301 g/mol. The Hall–Kier alpha value is -1.67. The molecule has 3 rings (SSSR count). The van der Waals surface area contributed by atoms with Crippen molar-refractivity contribution in [2.45, 2.75) is 44.9 Å². The van der Waals surface area contributed by atoms with Crippen LogP contribution in [0, 0.1) is 6.92 Å². The quantitative estimate of drug-likeness (QED) is 0.840. The minimum Gasteiger partial charge on any atom is -0.344 e. The second-order valence-electron chi connectivity index (χ2n) is 5.37. The van der Waals surface area contributed by atoms with Crippen molar-refractivity contribution in [3.8, 4) is 0 Å². The molecule has 120 valence electrons. The van der Waals surface area contributed by atoms with Gasteiger partial charge in [-0.2, -0.15) is 13.2 Å². The lowest BCUT2D eigenvalue weighted by atomic mass is 10.2. The van der Waals surface area contributed by atoms with Gasteiger partial charge in [-0.05, 0) is 25.5 Å². The number of anilines is 1.